The van der Waals surface area contributed by atoms with Gasteiger partial charge in [-0.2, -0.15) is 18.4 Å². The molecule has 1 aliphatic rings. The van der Waals surface area contributed by atoms with E-state index < -0.39 is 34.1 Å². The van der Waals surface area contributed by atoms with Crippen molar-refractivity contribution in [2.45, 2.75) is 38.1 Å². The first-order chi connectivity index (χ1) is 16.9. The van der Waals surface area contributed by atoms with Crippen LogP contribution >= 0.6 is 0 Å². The highest BCUT2D eigenvalue weighted by Crippen LogP contribution is 2.45. The fourth-order valence-electron chi connectivity index (χ4n) is 3.75. The Morgan fingerprint density at radius 3 is 2.44 bits per heavy atom. The van der Waals surface area contributed by atoms with Gasteiger partial charge in [0.2, 0.25) is 0 Å². The molecule has 1 heterocycles. The van der Waals surface area contributed by atoms with Crippen LogP contribution in [0.1, 0.15) is 31.4 Å². The number of ether oxygens (including phenoxy) is 2. The molecular weight excluding hydrogens is 499 g/mol. The molecule has 1 atom stereocenters. The summed E-state index contributed by atoms with van der Waals surface area (Å²) in [6, 6.07) is 13.7. The highest BCUT2D eigenvalue weighted by Gasteiger charge is 2.39. The highest BCUT2D eigenvalue weighted by molar-refractivity contribution is 7.90. The number of nitrogens with zero attached hydrogens (tertiary/aromatic N) is 2. The number of anilines is 1. The van der Waals surface area contributed by atoms with Crippen LogP contribution in [0.2, 0.25) is 0 Å². The van der Waals surface area contributed by atoms with E-state index in [1.165, 1.54) is 12.1 Å². The summed E-state index contributed by atoms with van der Waals surface area (Å²) in [7, 11) is -3.34. The second-order valence-electron chi connectivity index (χ2n) is 8.59. The first kappa shape index (κ1) is 25.4. The van der Waals surface area contributed by atoms with Gasteiger partial charge in [-0.05, 0) is 49.6 Å². The topological polar surface area (TPSA) is 110 Å². The molecule has 1 aromatic heterocycles. The molecule has 0 spiro atoms. The molecule has 1 amide bonds. The average Bonchev–Trinajstić information content (AvgIpc) is 3.58. The van der Waals surface area contributed by atoms with E-state index in [-0.39, 0.29) is 11.7 Å². The van der Waals surface area contributed by atoms with Crippen LogP contribution in [-0.2, 0) is 14.6 Å². The molecule has 12 heteroatoms. The number of amides is 1. The first-order valence-electron chi connectivity index (χ1n) is 10.9. The summed E-state index contributed by atoms with van der Waals surface area (Å²) < 4.78 is 72.6. The van der Waals surface area contributed by atoms with Gasteiger partial charge < -0.3 is 14.0 Å². The second kappa shape index (κ2) is 9.39. The molecule has 1 aliphatic carbocycles. The lowest BCUT2D eigenvalue weighted by atomic mass is 10.1. The molecule has 0 saturated heterocycles. The molecule has 1 fully saturated rings. The molecule has 0 bridgehead atoms. The van der Waals surface area contributed by atoms with Crippen LogP contribution in [0.3, 0.4) is 0 Å². The number of aromatic nitrogens is 1. The maximum atomic E-state index is 12.6. The van der Waals surface area contributed by atoms with Crippen molar-refractivity contribution in [3.05, 3.63) is 48.0 Å². The summed E-state index contributed by atoms with van der Waals surface area (Å²) in [6.45, 7) is 0.737. The fraction of sp³-hybridized carbons (Fsp3) is 0.333. The summed E-state index contributed by atoms with van der Waals surface area (Å²) in [6.07, 6.45) is -5.28. The van der Waals surface area contributed by atoms with Gasteiger partial charge in [-0.3, -0.25) is 5.32 Å². The Hall–Kier alpha value is -3.72. The van der Waals surface area contributed by atoms with Gasteiger partial charge in [-0.15, -0.1) is 0 Å². The third-order valence-corrected chi connectivity index (χ3v) is 6.13. The summed E-state index contributed by atoms with van der Waals surface area (Å²) in [5, 5.41) is 12.9. The van der Waals surface area contributed by atoms with Gasteiger partial charge in [0, 0.05) is 29.4 Å². The van der Waals surface area contributed by atoms with Gasteiger partial charge >= 0.3 is 12.3 Å². The number of sulfone groups is 1. The molecule has 3 aromatic rings. The van der Waals surface area contributed by atoms with E-state index in [0.717, 1.165) is 31.5 Å². The Labute approximate surface area is 205 Å². The number of carbonyl (C=O) groups excluding carboxylic acids is 1. The number of hydrogen-bond donors (Lipinski definition) is 1. The van der Waals surface area contributed by atoms with Gasteiger partial charge in [0.05, 0.1) is 16.8 Å². The molecule has 0 radical (unpaired) electrons. The predicted octanol–water partition coefficient (Wildman–Crippen LogP) is 5.40. The molecule has 1 saturated carbocycles. The molecule has 2 aromatic carbocycles. The Kier molecular flexibility index (Phi) is 6.62. The minimum absolute atomic E-state index is 0.145. The smallest absolute Gasteiger partial charge is 0.425 e. The number of alkyl halides is 3. The quantitative estimate of drug-likeness (QED) is 0.446. The van der Waals surface area contributed by atoms with Crippen LogP contribution in [0.5, 0.6) is 5.75 Å². The molecular formula is C24H22F3N3O5S. The Morgan fingerprint density at radius 1 is 1.22 bits per heavy atom. The Balaban J connectivity index is 1.66. The van der Waals surface area contributed by atoms with E-state index in [1.807, 2.05) is 4.57 Å². The van der Waals surface area contributed by atoms with Crippen LogP contribution in [0, 0.1) is 11.3 Å². The minimum Gasteiger partial charge on any atom is -0.478 e. The molecule has 0 aliphatic heterocycles. The maximum Gasteiger partial charge on any atom is 0.425 e. The fourth-order valence-corrected chi connectivity index (χ4v) is 4.10. The molecule has 36 heavy (non-hydrogen) atoms. The maximum absolute atomic E-state index is 12.6. The number of carbonyl (C=O) groups is 1. The van der Waals surface area contributed by atoms with Crippen LogP contribution in [-0.4, -0.2) is 43.6 Å². The van der Waals surface area contributed by atoms with Crippen molar-refractivity contribution in [1.29, 1.82) is 5.26 Å². The molecule has 8 nitrogen and oxygen atoms in total. The van der Waals surface area contributed by atoms with Crippen molar-refractivity contribution in [2.75, 3.05) is 17.5 Å². The van der Waals surface area contributed by atoms with Gasteiger partial charge in [0.1, 0.15) is 11.8 Å². The van der Waals surface area contributed by atoms with Crippen molar-refractivity contribution < 1.29 is 35.9 Å². The van der Waals surface area contributed by atoms with E-state index in [2.05, 4.69) is 16.1 Å². The van der Waals surface area contributed by atoms with Crippen LogP contribution < -0.4 is 10.1 Å². The monoisotopic (exact) mass is 521 g/mol. The third kappa shape index (κ3) is 5.57. The van der Waals surface area contributed by atoms with Crippen molar-refractivity contribution in [2.24, 2.45) is 0 Å². The lowest BCUT2D eigenvalue weighted by Crippen LogP contribution is -2.32. The zero-order valence-corrected chi connectivity index (χ0v) is 20.1. The van der Waals surface area contributed by atoms with Crippen LogP contribution in [0.4, 0.5) is 23.7 Å². The largest absolute Gasteiger partial charge is 0.478 e. The van der Waals surface area contributed by atoms with E-state index in [4.69, 9.17) is 4.74 Å². The van der Waals surface area contributed by atoms with E-state index in [9.17, 15) is 31.6 Å². The normalized spacial score (nSPS) is 14.8. The van der Waals surface area contributed by atoms with E-state index in [0.29, 0.717) is 28.0 Å². The molecule has 190 valence electrons. The minimum atomic E-state index is -4.67. The van der Waals surface area contributed by atoms with Crippen molar-refractivity contribution >= 4 is 32.5 Å². The number of fused-ring (bicyclic) bond motifs is 1. The van der Waals surface area contributed by atoms with Crippen molar-refractivity contribution in [3.8, 4) is 23.1 Å². The number of rotatable bonds is 7. The SMILES string of the molecule is C[C@@H](OC(=O)Nc1ccc(-c2c(C#N)c3ccc(OCS(C)(=O)=O)cc3n2C2CC2)cc1)C(F)(F)F. The standard InChI is InChI=1S/C24H22F3N3O5S/c1-14(24(25,26)27)35-23(31)29-16-5-3-15(4-6-16)22-20(12-28)19-10-9-18(34-13-36(2,32)33)11-21(19)30(22)17-7-8-17/h3-6,9-11,14,17H,7-8,13H2,1-2H3,(H,29,31)/t14-/m1/s1. The van der Waals surface area contributed by atoms with Crippen molar-refractivity contribution in [1.82, 2.24) is 4.57 Å². The zero-order valence-electron chi connectivity index (χ0n) is 19.3. The molecule has 1 N–H and O–H groups in total. The summed E-state index contributed by atoms with van der Waals surface area (Å²) in [5.74, 6) is -0.117. The second-order valence-corrected chi connectivity index (χ2v) is 10.7. The molecule has 4 rings (SSSR count). The summed E-state index contributed by atoms with van der Waals surface area (Å²) in [5.41, 5.74) is 2.68. The summed E-state index contributed by atoms with van der Waals surface area (Å²) in [4.78, 5) is 11.8. The number of hydrogen-bond acceptors (Lipinski definition) is 6. The van der Waals surface area contributed by atoms with Crippen LogP contribution in [0.15, 0.2) is 42.5 Å². The highest BCUT2D eigenvalue weighted by atomic mass is 32.2. The van der Waals surface area contributed by atoms with Gasteiger partial charge in [0.15, 0.2) is 21.9 Å². The summed E-state index contributed by atoms with van der Waals surface area (Å²) >= 11 is 0. The van der Waals surface area contributed by atoms with Crippen molar-refractivity contribution in [3.63, 3.8) is 0 Å². The van der Waals surface area contributed by atoms with E-state index >= 15 is 0 Å². The van der Waals surface area contributed by atoms with E-state index in [1.54, 1.807) is 30.3 Å². The molecule has 0 unspecified atom stereocenters. The predicted molar refractivity (Wildman–Crippen MR) is 126 cm³/mol. The Morgan fingerprint density at radius 2 is 1.89 bits per heavy atom. The number of benzene rings is 2. The Bertz CT molecular complexity index is 1450. The lowest BCUT2D eigenvalue weighted by molar-refractivity contribution is -0.196. The number of halogens is 3. The first-order valence-corrected chi connectivity index (χ1v) is 13.0. The third-order valence-electron chi connectivity index (χ3n) is 5.59. The number of nitrogens with one attached hydrogen (secondary N) is 1. The zero-order chi connectivity index (χ0) is 26.3. The lowest BCUT2D eigenvalue weighted by Gasteiger charge is -2.16. The average molecular weight is 522 g/mol. The van der Waals surface area contributed by atoms with Gasteiger partial charge in [0.25, 0.3) is 0 Å². The van der Waals surface area contributed by atoms with Gasteiger partial charge in [-0.25, -0.2) is 13.2 Å². The number of nitriles is 1. The van der Waals surface area contributed by atoms with Gasteiger partial charge in [-0.1, -0.05) is 12.1 Å². The van der Waals surface area contributed by atoms with Crippen LogP contribution in [0.25, 0.3) is 22.2 Å².